The number of thioether (sulfide) groups is 1. The fourth-order valence-electron chi connectivity index (χ4n) is 3.41. The number of anilines is 1. The van der Waals surface area contributed by atoms with E-state index in [9.17, 15) is 9.59 Å². The molecule has 2 aromatic carbocycles. The molecule has 2 amide bonds. The van der Waals surface area contributed by atoms with Gasteiger partial charge in [-0.1, -0.05) is 29.8 Å². The molecule has 0 bridgehead atoms. The molecule has 3 aromatic rings. The van der Waals surface area contributed by atoms with Crippen molar-refractivity contribution in [2.75, 3.05) is 11.1 Å². The summed E-state index contributed by atoms with van der Waals surface area (Å²) in [4.78, 5) is 25.2. The molecule has 1 atom stereocenters. The summed E-state index contributed by atoms with van der Waals surface area (Å²) in [5, 5.41) is 8.95. The minimum absolute atomic E-state index is 0.0838. The van der Waals surface area contributed by atoms with Gasteiger partial charge in [0.15, 0.2) is 0 Å². The standard InChI is InChI=1S/C24H23N3O3S/c1-16-5-7-18(8-6-16)21-14-22(23-4-3-13-30-23)27(26-21)24(29)15-31-20-11-9-19(10-12-20)25-17(2)28/h3-13,22H,14-15H2,1-2H3,(H,25,28). The summed E-state index contributed by atoms with van der Waals surface area (Å²) in [6.07, 6.45) is 2.23. The fourth-order valence-corrected chi connectivity index (χ4v) is 4.16. The Labute approximate surface area is 185 Å². The van der Waals surface area contributed by atoms with E-state index in [0.29, 0.717) is 6.42 Å². The topological polar surface area (TPSA) is 74.9 Å². The largest absolute Gasteiger partial charge is 0.467 e. The van der Waals surface area contributed by atoms with Crippen LogP contribution in [-0.4, -0.2) is 28.3 Å². The third-order valence-electron chi connectivity index (χ3n) is 4.96. The maximum absolute atomic E-state index is 13.1. The van der Waals surface area contributed by atoms with Crippen LogP contribution in [-0.2, 0) is 9.59 Å². The van der Waals surface area contributed by atoms with Crippen molar-refractivity contribution < 1.29 is 14.0 Å². The van der Waals surface area contributed by atoms with E-state index < -0.39 is 0 Å². The molecule has 0 fully saturated rings. The number of carbonyl (C=O) groups excluding carboxylic acids is 2. The van der Waals surface area contributed by atoms with Gasteiger partial charge in [-0.05, 0) is 48.9 Å². The normalized spacial score (nSPS) is 15.6. The van der Waals surface area contributed by atoms with Crippen LogP contribution in [0.3, 0.4) is 0 Å². The number of nitrogens with one attached hydrogen (secondary N) is 1. The highest BCUT2D eigenvalue weighted by atomic mass is 32.2. The van der Waals surface area contributed by atoms with Crippen molar-refractivity contribution in [3.05, 3.63) is 83.8 Å². The average molecular weight is 434 g/mol. The minimum Gasteiger partial charge on any atom is -0.467 e. The summed E-state index contributed by atoms with van der Waals surface area (Å²) < 4.78 is 5.60. The molecule has 1 aliphatic rings. The number of hydrogen-bond donors (Lipinski definition) is 1. The van der Waals surface area contributed by atoms with Crippen molar-refractivity contribution in [3.8, 4) is 0 Å². The van der Waals surface area contributed by atoms with E-state index in [2.05, 4.69) is 10.4 Å². The number of hydrazone groups is 1. The third-order valence-corrected chi connectivity index (χ3v) is 5.96. The Balaban J connectivity index is 1.48. The maximum Gasteiger partial charge on any atom is 0.253 e. The summed E-state index contributed by atoms with van der Waals surface area (Å²) in [6, 6.07) is 19.0. The Bertz CT molecular complexity index is 1090. The van der Waals surface area contributed by atoms with Crippen molar-refractivity contribution in [3.63, 3.8) is 0 Å². The van der Waals surface area contributed by atoms with Crippen molar-refractivity contribution in [1.29, 1.82) is 0 Å². The number of furan rings is 1. The van der Waals surface area contributed by atoms with E-state index in [0.717, 1.165) is 27.6 Å². The first-order valence-corrected chi connectivity index (χ1v) is 11.0. The van der Waals surface area contributed by atoms with Crippen molar-refractivity contribution in [1.82, 2.24) is 5.01 Å². The number of nitrogens with zero attached hydrogens (tertiary/aromatic N) is 2. The zero-order chi connectivity index (χ0) is 21.8. The number of carbonyl (C=O) groups is 2. The molecular formula is C24H23N3O3S. The first-order valence-electron chi connectivity index (χ1n) is 10.00. The number of benzene rings is 2. The van der Waals surface area contributed by atoms with Crippen molar-refractivity contribution in [2.45, 2.75) is 31.2 Å². The van der Waals surface area contributed by atoms with E-state index in [1.54, 1.807) is 11.3 Å². The highest BCUT2D eigenvalue weighted by Gasteiger charge is 2.34. The molecular weight excluding hydrogens is 410 g/mol. The van der Waals surface area contributed by atoms with Gasteiger partial charge in [-0.15, -0.1) is 11.8 Å². The first-order chi connectivity index (χ1) is 15.0. The molecule has 1 unspecified atom stereocenters. The highest BCUT2D eigenvalue weighted by molar-refractivity contribution is 8.00. The van der Waals surface area contributed by atoms with Crippen LogP contribution in [0.4, 0.5) is 5.69 Å². The van der Waals surface area contributed by atoms with E-state index in [-0.39, 0.29) is 23.6 Å². The predicted octanol–water partition coefficient (Wildman–Crippen LogP) is 5.02. The molecule has 7 heteroatoms. The SMILES string of the molecule is CC(=O)Nc1ccc(SCC(=O)N2N=C(c3ccc(C)cc3)CC2c2ccco2)cc1. The molecule has 0 saturated carbocycles. The summed E-state index contributed by atoms with van der Waals surface area (Å²) in [7, 11) is 0. The van der Waals surface area contributed by atoms with E-state index >= 15 is 0 Å². The Morgan fingerprint density at radius 3 is 2.52 bits per heavy atom. The average Bonchev–Trinajstić information content (AvgIpc) is 3.43. The van der Waals surface area contributed by atoms with Gasteiger partial charge in [0.05, 0.1) is 17.7 Å². The zero-order valence-corrected chi connectivity index (χ0v) is 18.2. The molecule has 31 heavy (non-hydrogen) atoms. The number of amides is 2. The third kappa shape index (κ3) is 5.06. The summed E-state index contributed by atoms with van der Waals surface area (Å²) in [6.45, 7) is 3.51. The number of hydrogen-bond acceptors (Lipinski definition) is 5. The van der Waals surface area contributed by atoms with Crippen molar-refractivity contribution >= 4 is 35.0 Å². The van der Waals surface area contributed by atoms with Gasteiger partial charge in [0.25, 0.3) is 5.91 Å². The van der Waals surface area contributed by atoms with Crippen LogP contribution in [0.2, 0.25) is 0 Å². The lowest BCUT2D eigenvalue weighted by atomic mass is 10.0. The predicted molar refractivity (Wildman–Crippen MR) is 122 cm³/mol. The molecule has 2 heterocycles. The van der Waals surface area contributed by atoms with Gasteiger partial charge in [-0.3, -0.25) is 9.59 Å². The quantitative estimate of drug-likeness (QED) is 0.554. The maximum atomic E-state index is 13.1. The Hall–Kier alpha value is -3.32. The molecule has 0 saturated heterocycles. The molecule has 1 aliphatic heterocycles. The molecule has 0 radical (unpaired) electrons. The molecule has 1 aromatic heterocycles. The Morgan fingerprint density at radius 1 is 1.13 bits per heavy atom. The summed E-state index contributed by atoms with van der Waals surface area (Å²) in [5.41, 5.74) is 3.80. The van der Waals surface area contributed by atoms with Gasteiger partial charge < -0.3 is 9.73 Å². The van der Waals surface area contributed by atoms with Crippen LogP contribution < -0.4 is 5.32 Å². The smallest absolute Gasteiger partial charge is 0.253 e. The van der Waals surface area contributed by atoms with Crippen LogP contribution in [0.15, 0.2) is 81.3 Å². The number of rotatable bonds is 6. The fraction of sp³-hybridized carbons (Fsp3) is 0.208. The first kappa shape index (κ1) is 20.9. The van der Waals surface area contributed by atoms with Gasteiger partial charge in [-0.2, -0.15) is 5.10 Å². The monoisotopic (exact) mass is 433 g/mol. The van der Waals surface area contributed by atoms with Crippen LogP contribution >= 0.6 is 11.8 Å². The van der Waals surface area contributed by atoms with Gasteiger partial charge >= 0.3 is 0 Å². The van der Waals surface area contributed by atoms with Gasteiger partial charge in [-0.25, -0.2) is 5.01 Å². The molecule has 0 aliphatic carbocycles. The van der Waals surface area contributed by atoms with E-state index in [4.69, 9.17) is 4.42 Å². The molecule has 6 nitrogen and oxygen atoms in total. The second-order valence-electron chi connectivity index (χ2n) is 7.38. The second-order valence-corrected chi connectivity index (χ2v) is 8.43. The second kappa shape index (κ2) is 9.22. The lowest BCUT2D eigenvalue weighted by Gasteiger charge is -2.19. The van der Waals surface area contributed by atoms with Crippen LogP contribution in [0.5, 0.6) is 0 Å². The zero-order valence-electron chi connectivity index (χ0n) is 17.4. The minimum atomic E-state index is -0.249. The Morgan fingerprint density at radius 2 is 1.87 bits per heavy atom. The van der Waals surface area contributed by atoms with Gasteiger partial charge in [0.2, 0.25) is 5.91 Å². The van der Waals surface area contributed by atoms with Gasteiger partial charge in [0.1, 0.15) is 11.8 Å². The lowest BCUT2D eigenvalue weighted by Crippen LogP contribution is -2.28. The molecule has 4 rings (SSSR count). The van der Waals surface area contributed by atoms with Crippen LogP contribution in [0, 0.1) is 6.92 Å². The van der Waals surface area contributed by atoms with E-state index in [1.807, 2.05) is 67.6 Å². The van der Waals surface area contributed by atoms with Crippen LogP contribution in [0.1, 0.15) is 36.3 Å². The lowest BCUT2D eigenvalue weighted by molar-refractivity contribution is -0.130. The molecule has 1 N–H and O–H groups in total. The Kier molecular flexibility index (Phi) is 6.23. The molecule has 158 valence electrons. The highest BCUT2D eigenvalue weighted by Crippen LogP contribution is 2.34. The summed E-state index contributed by atoms with van der Waals surface area (Å²) in [5.74, 6) is 0.778. The van der Waals surface area contributed by atoms with Crippen molar-refractivity contribution in [2.24, 2.45) is 5.10 Å². The molecule has 0 spiro atoms. The number of aryl methyl sites for hydroxylation is 1. The van der Waals surface area contributed by atoms with Gasteiger partial charge in [0, 0.05) is 23.9 Å². The summed E-state index contributed by atoms with van der Waals surface area (Å²) >= 11 is 1.44. The van der Waals surface area contributed by atoms with E-state index in [1.165, 1.54) is 24.2 Å². The van der Waals surface area contributed by atoms with Crippen LogP contribution in [0.25, 0.3) is 0 Å².